The summed E-state index contributed by atoms with van der Waals surface area (Å²) in [5, 5.41) is 0. The lowest BCUT2D eigenvalue weighted by atomic mass is 10.1. The fourth-order valence-corrected chi connectivity index (χ4v) is 2.82. The van der Waals surface area contributed by atoms with Gasteiger partial charge in [0, 0.05) is 18.1 Å². The predicted octanol–water partition coefficient (Wildman–Crippen LogP) is 4.27. The maximum absolute atomic E-state index is 13.2. The molecular weight excluding hydrogens is 377 g/mol. The Morgan fingerprint density at radius 3 is 2.58 bits per heavy atom. The topological polar surface area (TPSA) is 38.8 Å². The van der Waals surface area contributed by atoms with E-state index in [0.29, 0.717) is 34.7 Å². The summed E-state index contributed by atoms with van der Waals surface area (Å²) < 4.78 is 24.4. The number of amides is 1. The van der Waals surface area contributed by atoms with E-state index in [1.54, 1.807) is 19.1 Å². The molecule has 2 rings (SSSR count). The van der Waals surface area contributed by atoms with Crippen LogP contribution in [0.15, 0.2) is 40.9 Å². The van der Waals surface area contributed by atoms with Crippen LogP contribution in [-0.4, -0.2) is 31.6 Å². The molecule has 0 bridgehead atoms. The molecule has 0 aliphatic rings. The molecule has 0 radical (unpaired) electrons. The van der Waals surface area contributed by atoms with Crippen molar-refractivity contribution in [3.05, 3.63) is 57.8 Å². The van der Waals surface area contributed by atoms with Crippen LogP contribution < -0.4 is 9.47 Å². The van der Waals surface area contributed by atoms with Crippen molar-refractivity contribution in [1.82, 2.24) is 4.90 Å². The van der Waals surface area contributed by atoms with Crippen LogP contribution in [0.1, 0.15) is 22.8 Å². The number of hydrogen-bond acceptors (Lipinski definition) is 3. The van der Waals surface area contributed by atoms with Gasteiger partial charge in [-0.25, -0.2) is 4.39 Å². The van der Waals surface area contributed by atoms with Crippen molar-refractivity contribution in [3.63, 3.8) is 0 Å². The molecule has 0 N–H and O–H groups in total. The molecule has 0 spiro atoms. The Bertz CT molecular complexity index is 736. The van der Waals surface area contributed by atoms with Gasteiger partial charge in [0.25, 0.3) is 5.91 Å². The Balaban J connectivity index is 2.16. The van der Waals surface area contributed by atoms with E-state index in [2.05, 4.69) is 15.9 Å². The van der Waals surface area contributed by atoms with Gasteiger partial charge in [0.2, 0.25) is 0 Å². The van der Waals surface area contributed by atoms with E-state index in [4.69, 9.17) is 9.47 Å². The second-order valence-electron chi connectivity index (χ2n) is 5.20. The number of ether oxygens (including phenoxy) is 2. The first-order valence-electron chi connectivity index (χ1n) is 7.46. The number of nitrogens with zero attached hydrogens (tertiary/aromatic N) is 1. The third-order valence-electron chi connectivity index (χ3n) is 3.46. The van der Waals surface area contributed by atoms with Crippen molar-refractivity contribution in [2.45, 2.75) is 13.5 Å². The third kappa shape index (κ3) is 4.26. The Hall–Kier alpha value is -2.08. The Kier molecular flexibility index (Phi) is 6.20. The summed E-state index contributed by atoms with van der Waals surface area (Å²) in [6.07, 6.45) is 0. The smallest absolute Gasteiger partial charge is 0.255 e. The monoisotopic (exact) mass is 395 g/mol. The van der Waals surface area contributed by atoms with Crippen LogP contribution in [0.4, 0.5) is 4.39 Å². The molecule has 0 heterocycles. The number of benzene rings is 2. The van der Waals surface area contributed by atoms with E-state index in [-0.39, 0.29) is 5.91 Å². The quantitative estimate of drug-likeness (QED) is 0.732. The van der Waals surface area contributed by atoms with Crippen LogP contribution in [0.5, 0.6) is 11.5 Å². The van der Waals surface area contributed by atoms with Gasteiger partial charge in [-0.1, -0.05) is 6.07 Å². The number of carbonyl (C=O) groups excluding carboxylic acids is 1. The molecule has 24 heavy (non-hydrogen) atoms. The number of hydrogen-bond donors (Lipinski definition) is 0. The fraction of sp³-hybridized carbons (Fsp3) is 0.278. The molecule has 4 nitrogen and oxygen atoms in total. The highest BCUT2D eigenvalue weighted by Gasteiger charge is 2.16. The molecule has 0 atom stereocenters. The van der Waals surface area contributed by atoms with Gasteiger partial charge in [0.05, 0.1) is 19.3 Å². The van der Waals surface area contributed by atoms with Gasteiger partial charge in [0.15, 0.2) is 11.5 Å². The van der Waals surface area contributed by atoms with Crippen molar-refractivity contribution in [3.8, 4) is 11.5 Å². The minimum absolute atomic E-state index is 0.199. The summed E-state index contributed by atoms with van der Waals surface area (Å²) in [5.74, 6) is 0.698. The van der Waals surface area contributed by atoms with Crippen molar-refractivity contribution >= 4 is 21.8 Å². The number of rotatable bonds is 6. The molecule has 0 aromatic heterocycles. The van der Waals surface area contributed by atoms with Crippen LogP contribution in [-0.2, 0) is 6.54 Å². The zero-order valence-electron chi connectivity index (χ0n) is 13.8. The van der Waals surface area contributed by atoms with Crippen LogP contribution in [0.25, 0.3) is 0 Å². The lowest BCUT2D eigenvalue weighted by molar-refractivity contribution is 0.0784. The van der Waals surface area contributed by atoms with Crippen molar-refractivity contribution < 1.29 is 18.7 Å². The molecule has 0 saturated heterocycles. The Morgan fingerprint density at radius 1 is 1.21 bits per heavy atom. The van der Waals surface area contributed by atoms with Gasteiger partial charge >= 0.3 is 0 Å². The number of halogens is 2. The average Bonchev–Trinajstić information content (AvgIpc) is 2.55. The van der Waals surface area contributed by atoms with E-state index in [1.165, 1.54) is 18.2 Å². The van der Waals surface area contributed by atoms with Crippen molar-refractivity contribution in [1.29, 1.82) is 0 Å². The fourth-order valence-electron chi connectivity index (χ4n) is 2.30. The average molecular weight is 396 g/mol. The van der Waals surface area contributed by atoms with E-state index < -0.39 is 5.82 Å². The Morgan fingerprint density at radius 2 is 1.96 bits per heavy atom. The predicted molar refractivity (Wildman–Crippen MR) is 94.1 cm³/mol. The first-order valence-corrected chi connectivity index (χ1v) is 8.25. The second-order valence-corrected chi connectivity index (χ2v) is 6.06. The molecule has 6 heteroatoms. The maximum atomic E-state index is 13.2. The summed E-state index contributed by atoms with van der Waals surface area (Å²) in [7, 11) is 3.27. The standard InChI is InChI=1S/C18H19BrFNO3/c1-4-24-16-8-5-12(9-17(16)23-3)11-21(2)18(22)14-7-6-13(20)10-15(14)19/h5-10H,4,11H2,1-3H3. The molecule has 0 unspecified atom stereocenters. The highest BCUT2D eigenvalue weighted by molar-refractivity contribution is 9.10. The molecule has 0 aliphatic carbocycles. The molecule has 0 aliphatic heterocycles. The molecule has 0 fully saturated rings. The number of carbonyl (C=O) groups is 1. The van der Waals surface area contributed by atoms with Gasteiger partial charge in [-0.2, -0.15) is 0 Å². The molecule has 1 amide bonds. The summed E-state index contributed by atoms with van der Waals surface area (Å²) in [5.41, 5.74) is 1.32. The van der Waals surface area contributed by atoms with E-state index in [9.17, 15) is 9.18 Å². The lowest BCUT2D eigenvalue weighted by Crippen LogP contribution is -2.26. The van der Waals surface area contributed by atoms with Crippen LogP contribution in [0.2, 0.25) is 0 Å². The minimum atomic E-state index is -0.391. The Labute approximate surface area is 149 Å². The van der Waals surface area contributed by atoms with E-state index >= 15 is 0 Å². The minimum Gasteiger partial charge on any atom is -0.493 e. The SMILES string of the molecule is CCOc1ccc(CN(C)C(=O)c2ccc(F)cc2Br)cc1OC. The first-order chi connectivity index (χ1) is 11.5. The first kappa shape index (κ1) is 18.3. The highest BCUT2D eigenvalue weighted by atomic mass is 79.9. The van der Waals surface area contributed by atoms with E-state index in [1.807, 2.05) is 25.1 Å². The molecule has 128 valence electrons. The van der Waals surface area contributed by atoms with Gasteiger partial charge in [0.1, 0.15) is 5.82 Å². The summed E-state index contributed by atoms with van der Waals surface area (Å²) in [6.45, 7) is 2.85. The van der Waals surface area contributed by atoms with Crippen LogP contribution >= 0.6 is 15.9 Å². The summed E-state index contributed by atoms with van der Waals surface area (Å²) in [6, 6.07) is 9.57. The summed E-state index contributed by atoms with van der Waals surface area (Å²) >= 11 is 3.23. The van der Waals surface area contributed by atoms with Crippen molar-refractivity contribution in [2.75, 3.05) is 20.8 Å². The van der Waals surface area contributed by atoms with Gasteiger partial charge in [-0.15, -0.1) is 0 Å². The van der Waals surface area contributed by atoms with Crippen LogP contribution in [0.3, 0.4) is 0 Å². The molecule has 2 aromatic rings. The molecular formula is C18H19BrFNO3. The van der Waals surface area contributed by atoms with Crippen LogP contribution in [0, 0.1) is 5.82 Å². The third-order valence-corrected chi connectivity index (χ3v) is 4.11. The molecule has 2 aromatic carbocycles. The van der Waals surface area contributed by atoms with Gasteiger partial charge in [-0.3, -0.25) is 4.79 Å². The van der Waals surface area contributed by atoms with E-state index in [0.717, 1.165) is 5.56 Å². The maximum Gasteiger partial charge on any atom is 0.255 e. The zero-order chi connectivity index (χ0) is 17.7. The molecule has 0 saturated carbocycles. The summed E-state index contributed by atoms with van der Waals surface area (Å²) in [4.78, 5) is 14.1. The normalized spacial score (nSPS) is 10.4. The largest absolute Gasteiger partial charge is 0.493 e. The highest BCUT2D eigenvalue weighted by Crippen LogP contribution is 2.29. The second kappa shape index (κ2) is 8.15. The lowest BCUT2D eigenvalue weighted by Gasteiger charge is -2.19. The van der Waals surface area contributed by atoms with Gasteiger partial charge < -0.3 is 14.4 Å². The van der Waals surface area contributed by atoms with Crippen molar-refractivity contribution in [2.24, 2.45) is 0 Å². The number of methoxy groups -OCH3 is 1. The van der Waals surface area contributed by atoms with Gasteiger partial charge in [-0.05, 0) is 58.7 Å². The zero-order valence-corrected chi connectivity index (χ0v) is 15.4.